The lowest BCUT2D eigenvalue weighted by Crippen LogP contribution is -2.33. The molecule has 1 fully saturated rings. The van der Waals surface area contributed by atoms with Crippen molar-refractivity contribution in [3.8, 4) is 5.75 Å². The van der Waals surface area contributed by atoms with Crippen molar-refractivity contribution in [3.63, 3.8) is 0 Å². The molecule has 4 nitrogen and oxygen atoms in total. The topological polar surface area (TPSA) is 46.6 Å². The molecule has 36 heavy (non-hydrogen) atoms. The van der Waals surface area contributed by atoms with Crippen LogP contribution in [0.1, 0.15) is 71.5 Å². The fourth-order valence-corrected chi connectivity index (χ4v) is 4.86. The largest absolute Gasteiger partial charge is 0.493 e. The zero-order valence-electron chi connectivity index (χ0n) is 20.7. The zero-order valence-corrected chi connectivity index (χ0v) is 20.7. The molecule has 1 aliphatic rings. The summed E-state index contributed by atoms with van der Waals surface area (Å²) in [7, 11) is 1.86. The highest BCUT2D eigenvalue weighted by Gasteiger charge is 2.31. The van der Waals surface area contributed by atoms with Crippen molar-refractivity contribution >= 4 is 12.6 Å². The Balaban J connectivity index is 1.59. The van der Waals surface area contributed by atoms with Gasteiger partial charge in [-0.3, -0.25) is 9.69 Å². The summed E-state index contributed by atoms with van der Waals surface area (Å²) >= 11 is 0. The summed E-state index contributed by atoms with van der Waals surface area (Å²) in [6, 6.07) is 10.6. The fraction of sp³-hybridized carbons (Fsp3) is 0.448. The van der Waals surface area contributed by atoms with Gasteiger partial charge in [-0.25, -0.2) is 0 Å². The molecular weight excluding hydrogens is 467 g/mol. The molecule has 3 rings (SSSR count). The van der Waals surface area contributed by atoms with Gasteiger partial charge >= 0.3 is 6.18 Å². The predicted octanol–water partition coefficient (Wildman–Crippen LogP) is 6.84. The van der Waals surface area contributed by atoms with Gasteiger partial charge in [0.05, 0.1) is 18.2 Å². The Kier molecular flexibility index (Phi) is 9.88. The Morgan fingerprint density at radius 2 is 1.78 bits per heavy atom. The van der Waals surface area contributed by atoms with Gasteiger partial charge < -0.3 is 9.53 Å². The Morgan fingerprint density at radius 3 is 2.36 bits per heavy atom. The number of aldehydes is 2. The highest BCUT2D eigenvalue weighted by Crippen LogP contribution is 2.38. The van der Waals surface area contributed by atoms with Gasteiger partial charge in [0.15, 0.2) is 6.29 Å². The number of allylic oxidation sites excluding steroid dienone is 1. The minimum Gasteiger partial charge on any atom is -0.493 e. The number of carbonyl (C=O) groups excluding carboxylic acids is 2. The van der Waals surface area contributed by atoms with Crippen molar-refractivity contribution in [2.45, 2.75) is 63.2 Å². The molecule has 0 radical (unpaired) electrons. The molecule has 1 aliphatic carbocycles. The molecule has 0 saturated heterocycles. The van der Waals surface area contributed by atoms with E-state index < -0.39 is 11.7 Å². The van der Waals surface area contributed by atoms with Crippen molar-refractivity contribution in [2.75, 3.05) is 13.7 Å². The van der Waals surface area contributed by atoms with Crippen molar-refractivity contribution in [1.29, 1.82) is 0 Å². The number of ether oxygens (including phenoxy) is 1. The Bertz CT molecular complexity index is 1010. The lowest BCUT2D eigenvalue weighted by atomic mass is 9.79. The smallest absolute Gasteiger partial charge is 0.416 e. The second-order valence-electron chi connectivity index (χ2n) is 9.57. The molecule has 2 aromatic rings. The second kappa shape index (κ2) is 12.9. The summed E-state index contributed by atoms with van der Waals surface area (Å²) in [4.78, 5) is 25.2. The molecule has 0 amide bonds. The molecule has 2 aromatic carbocycles. The average molecular weight is 502 g/mol. The van der Waals surface area contributed by atoms with Gasteiger partial charge in [0.1, 0.15) is 12.0 Å². The lowest BCUT2D eigenvalue weighted by molar-refractivity contribution is -0.137. The lowest BCUT2D eigenvalue weighted by Gasteiger charge is -2.29. The number of hydrogen-bond acceptors (Lipinski definition) is 4. The number of benzene rings is 2. The summed E-state index contributed by atoms with van der Waals surface area (Å²) < 4.78 is 44.7. The SMILES string of the molecule is C=CCCC(C=O)N(C)Cc1c(C=O)cccc1OCC1CCC(c2ccc(C(F)(F)F)cc2)CC1. The fourth-order valence-electron chi connectivity index (χ4n) is 4.86. The van der Waals surface area contributed by atoms with Crippen LogP contribution in [0.5, 0.6) is 5.75 Å². The van der Waals surface area contributed by atoms with E-state index >= 15 is 0 Å². The predicted molar refractivity (Wildman–Crippen MR) is 134 cm³/mol. The van der Waals surface area contributed by atoms with Crippen LogP contribution in [0.2, 0.25) is 0 Å². The van der Waals surface area contributed by atoms with Gasteiger partial charge in [-0.2, -0.15) is 13.2 Å². The van der Waals surface area contributed by atoms with E-state index in [4.69, 9.17) is 4.74 Å². The third kappa shape index (κ3) is 7.29. The number of nitrogens with zero attached hydrogens (tertiary/aromatic N) is 1. The van der Waals surface area contributed by atoms with Gasteiger partial charge in [-0.15, -0.1) is 6.58 Å². The first-order chi connectivity index (χ1) is 17.3. The van der Waals surface area contributed by atoms with Crippen LogP contribution in [0, 0.1) is 5.92 Å². The van der Waals surface area contributed by atoms with Crippen LogP contribution in [0.25, 0.3) is 0 Å². The Morgan fingerprint density at radius 1 is 1.08 bits per heavy atom. The first-order valence-corrected chi connectivity index (χ1v) is 12.4. The summed E-state index contributed by atoms with van der Waals surface area (Å²) in [5.41, 5.74) is 1.64. The van der Waals surface area contributed by atoms with Gasteiger partial charge in [-0.1, -0.05) is 30.3 Å². The first kappa shape index (κ1) is 27.7. The molecule has 7 heteroatoms. The van der Waals surface area contributed by atoms with E-state index in [1.165, 1.54) is 0 Å². The molecule has 0 bridgehead atoms. The summed E-state index contributed by atoms with van der Waals surface area (Å²) in [5, 5.41) is 0. The van der Waals surface area contributed by atoms with Crippen LogP contribution in [0.4, 0.5) is 13.2 Å². The van der Waals surface area contributed by atoms with Gasteiger partial charge in [0.25, 0.3) is 0 Å². The van der Waals surface area contributed by atoms with E-state index in [2.05, 4.69) is 6.58 Å². The monoisotopic (exact) mass is 501 g/mol. The Hall–Kier alpha value is -2.93. The number of alkyl halides is 3. The van der Waals surface area contributed by atoms with Crippen molar-refractivity contribution in [3.05, 3.63) is 77.4 Å². The molecule has 0 aromatic heterocycles. The maximum absolute atomic E-state index is 12.8. The number of likely N-dealkylation sites (N-methyl/N-ethyl adjacent to an activating group) is 1. The maximum atomic E-state index is 12.8. The Labute approximate surface area is 211 Å². The highest BCUT2D eigenvalue weighted by atomic mass is 19.4. The first-order valence-electron chi connectivity index (χ1n) is 12.4. The minimum atomic E-state index is -4.32. The van der Waals surface area contributed by atoms with E-state index in [1.807, 2.05) is 18.0 Å². The van der Waals surface area contributed by atoms with Crippen LogP contribution in [-0.4, -0.2) is 37.2 Å². The molecule has 1 saturated carbocycles. The maximum Gasteiger partial charge on any atom is 0.416 e. The number of hydrogen-bond donors (Lipinski definition) is 0. The molecule has 1 atom stereocenters. The number of carbonyl (C=O) groups is 2. The molecule has 194 valence electrons. The third-order valence-electron chi connectivity index (χ3n) is 7.12. The number of rotatable bonds is 12. The minimum absolute atomic E-state index is 0.252. The summed E-state index contributed by atoms with van der Waals surface area (Å²) in [6.07, 6.45) is 4.21. The van der Waals surface area contributed by atoms with E-state index in [0.29, 0.717) is 36.8 Å². The molecule has 0 N–H and O–H groups in total. The standard InChI is InChI=1S/C29H34F3NO3/c1-3-4-7-26(19-35)33(2)17-27-24(18-34)6-5-8-28(27)36-20-21-9-11-22(12-10-21)23-13-15-25(16-14-23)29(30,31)32/h3,5-6,8,13-16,18-19,21-22,26H,1,4,7,9-12,17,20H2,2H3. The quantitative estimate of drug-likeness (QED) is 0.236. The average Bonchev–Trinajstić information content (AvgIpc) is 2.88. The highest BCUT2D eigenvalue weighted by molar-refractivity contribution is 5.78. The van der Waals surface area contributed by atoms with E-state index in [9.17, 15) is 22.8 Å². The third-order valence-corrected chi connectivity index (χ3v) is 7.12. The normalized spacial score (nSPS) is 19.0. The van der Waals surface area contributed by atoms with E-state index in [-0.39, 0.29) is 12.0 Å². The van der Waals surface area contributed by atoms with Crippen LogP contribution in [0.15, 0.2) is 55.1 Å². The van der Waals surface area contributed by atoms with Crippen LogP contribution in [-0.2, 0) is 17.5 Å². The summed E-state index contributed by atoms with van der Waals surface area (Å²) in [6.45, 7) is 4.63. The van der Waals surface area contributed by atoms with Crippen LogP contribution >= 0.6 is 0 Å². The van der Waals surface area contributed by atoms with Crippen molar-refractivity contribution < 1.29 is 27.5 Å². The zero-order chi connectivity index (χ0) is 26.1. The van der Waals surface area contributed by atoms with E-state index in [1.54, 1.807) is 30.3 Å². The van der Waals surface area contributed by atoms with Gasteiger partial charge in [-0.05, 0) is 81.2 Å². The van der Waals surface area contributed by atoms with Crippen molar-refractivity contribution in [2.24, 2.45) is 5.92 Å². The van der Waals surface area contributed by atoms with Gasteiger partial charge in [0, 0.05) is 17.7 Å². The molecule has 0 spiro atoms. The molecule has 1 unspecified atom stereocenters. The second-order valence-corrected chi connectivity index (χ2v) is 9.57. The van der Waals surface area contributed by atoms with Crippen LogP contribution in [0.3, 0.4) is 0 Å². The molecular formula is C29H34F3NO3. The summed E-state index contributed by atoms with van der Waals surface area (Å²) in [5.74, 6) is 1.23. The molecule has 0 heterocycles. The van der Waals surface area contributed by atoms with Gasteiger partial charge in [0.2, 0.25) is 0 Å². The van der Waals surface area contributed by atoms with E-state index in [0.717, 1.165) is 67.9 Å². The van der Waals surface area contributed by atoms with Crippen LogP contribution < -0.4 is 4.74 Å². The van der Waals surface area contributed by atoms with Crippen molar-refractivity contribution in [1.82, 2.24) is 4.90 Å². The molecule has 0 aliphatic heterocycles. The number of halogens is 3.